The van der Waals surface area contributed by atoms with Crippen LogP contribution in [0, 0.1) is 5.92 Å². The SMILES string of the molecule is Cn1cccc1C(=O)N1CC(CC(=O)O)C1. The zero-order valence-corrected chi connectivity index (χ0v) is 9.09. The summed E-state index contributed by atoms with van der Waals surface area (Å²) in [6.45, 7) is 1.10. The molecule has 1 N–H and O–H groups in total. The van der Waals surface area contributed by atoms with Crippen LogP contribution in [0.2, 0.25) is 0 Å². The van der Waals surface area contributed by atoms with Gasteiger partial charge in [0, 0.05) is 32.3 Å². The van der Waals surface area contributed by atoms with Crippen LogP contribution >= 0.6 is 0 Å². The zero-order chi connectivity index (χ0) is 11.7. The lowest BCUT2D eigenvalue weighted by molar-refractivity contribution is -0.139. The summed E-state index contributed by atoms with van der Waals surface area (Å²) in [6, 6.07) is 3.59. The first kappa shape index (κ1) is 10.7. The van der Waals surface area contributed by atoms with Gasteiger partial charge in [0.1, 0.15) is 5.69 Å². The summed E-state index contributed by atoms with van der Waals surface area (Å²) >= 11 is 0. The van der Waals surface area contributed by atoms with Crippen molar-refractivity contribution in [2.75, 3.05) is 13.1 Å². The number of carbonyl (C=O) groups is 2. The molecule has 0 unspecified atom stereocenters. The molecule has 5 nitrogen and oxygen atoms in total. The maximum absolute atomic E-state index is 11.9. The van der Waals surface area contributed by atoms with E-state index in [1.165, 1.54) is 0 Å². The molecule has 2 rings (SSSR count). The Morgan fingerprint density at radius 2 is 2.19 bits per heavy atom. The van der Waals surface area contributed by atoms with Crippen molar-refractivity contribution in [3.63, 3.8) is 0 Å². The highest BCUT2D eigenvalue weighted by molar-refractivity contribution is 5.93. The lowest BCUT2D eigenvalue weighted by Gasteiger charge is -2.38. The number of aromatic nitrogens is 1. The van der Waals surface area contributed by atoms with Crippen LogP contribution in [0.4, 0.5) is 0 Å². The normalized spacial score (nSPS) is 15.9. The Morgan fingerprint density at radius 3 is 2.69 bits per heavy atom. The quantitative estimate of drug-likeness (QED) is 0.813. The summed E-state index contributed by atoms with van der Waals surface area (Å²) in [5.74, 6) is -0.702. The van der Waals surface area contributed by atoms with E-state index in [-0.39, 0.29) is 18.2 Å². The van der Waals surface area contributed by atoms with Gasteiger partial charge >= 0.3 is 5.97 Å². The number of carbonyl (C=O) groups excluding carboxylic acids is 1. The fourth-order valence-corrected chi connectivity index (χ4v) is 1.96. The van der Waals surface area contributed by atoms with Crippen LogP contribution in [0.15, 0.2) is 18.3 Å². The smallest absolute Gasteiger partial charge is 0.303 e. The van der Waals surface area contributed by atoms with Crippen molar-refractivity contribution >= 4 is 11.9 Å². The summed E-state index contributed by atoms with van der Waals surface area (Å²) in [4.78, 5) is 24.0. The van der Waals surface area contributed by atoms with E-state index in [9.17, 15) is 9.59 Å². The lowest BCUT2D eigenvalue weighted by atomic mass is 9.96. The van der Waals surface area contributed by atoms with E-state index in [0.717, 1.165) is 0 Å². The molecule has 2 heterocycles. The van der Waals surface area contributed by atoms with Crippen LogP contribution in [-0.4, -0.2) is 39.5 Å². The molecular formula is C11H14N2O3. The Hall–Kier alpha value is -1.78. The standard InChI is InChI=1S/C11H14N2O3/c1-12-4-2-3-9(12)11(16)13-6-8(7-13)5-10(14)15/h2-4,8H,5-7H2,1H3,(H,14,15). The molecule has 1 aliphatic heterocycles. The minimum atomic E-state index is -0.795. The largest absolute Gasteiger partial charge is 0.481 e. The molecule has 0 atom stereocenters. The molecule has 1 amide bonds. The third-order valence-electron chi connectivity index (χ3n) is 2.87. The molecule has 1 aromatic rings. The highest BCUT2D eigenvalue weighted by Gasteiger charge is 2.33. The summed E-state index contributed by atoms with van der Waals surface area (Å²) in [5.41, 5.74) is 0.647. The van der Waals surface area contributed by atoms with Crippen molar-refractivity contribution in [1.82, 2.24) is 9.47 Å². The minimum absolute atomic E-state index is 0.0193. The number of amides is 1. The lowest BCUT2D eigenvalue weighted by Crippen LogP contribution is -2.50. The Bertz CT molecular complexity index is 419. The predicted molar refractivity (Wildman–Crippen MR) is 57.1 cm³/mol. The summed E-state index contributed by atoms with van der Waals surface area (Å²) < 4.78 is 1.77. The first-order valence-corrected chi connectivity index (χ1v) is 5.20. The molecule has 1 fully saturated rings. The Kier molecular flexibility index (Phi) is 2.68. The second-order valence-corrected chi connectivity index (χ2v) is 4.18. The van der Waals surface area contributed by atoms with Gasteiger partial charge in [-0.3, -0.25) is 9.59 Å². The third-order valence-corrected chi connectivity index (χ3v) is 2.87. The number of rotatable bonds is 3. The summed E-state index contributed by atoms with van der Waals surface area (Å²) in [5, 5.41) is 8.59. The van der Waals surface area contributed by atoms with Gasteiger partial charge in [-0.25, -0.2) is 0 Å². The van der Waals surface area contributed by atoms with Crippen LogP contribution in [0.5, 0.6) is 0 Å². The fourth-order valence-electron chi connectivity index (χ4n) is 1.96. The number of carboxylic acid groups (broad SMARTS) is 1. The monoisotopic (exact) mass is 222 g/mol. The van der Waals surface area contributed by atoms with Crippen LogP contribution in [0.1, 0.15) is 16.9 Å². The molecule has 0 aliphatic carbocycles. The van der Waals surface area contributed by atoms with Gasteiger partial charge in [-0.15, -0.1) is 0 Å². The Balaban J connectivity index is 1.91. The maximum Gasteiger partial charge on any atom is 0.303 e. The molecule has 0 aromatic carbocycles. The highest BCUT2D eigenvalue weighted by atomic mass is 16.4. The van der Waals surface area contributed by atoms with Crippen LogP contribution < -0.4 is 0 Å². The molecule has 86 valence electrons. The second kappa shape index (κ2) is 4.00. The van der Waals surface area contributed by atoms with E-state index in [0.29, 0.717) is 18.8 Å². The van der Waals surface area contributed by atoms with Crippen molar-refractivity contribution < 1.29 is 14.7 Å². The van der Waals surface area contributed by atoms with E-state index in [1.54, 1.807) is 15.5 Å². The second-order valence-electron chi connectivity index (χ2n) is 4.18. The topological polar surface area (TPSA) is 62.5 Å². The Labute approximate surface area is 93.3 Å². The average molecular weight is 222 g/mol. The van der Waals surface area contributed by atoms with Gasteiger partial charge in [-0.1, -0.05) is 0 Å². The van der Waals surface area contributed by atoms with Gasteiger partial charge < -0.3 is 14.6 Å². The van der Waals surface area contributed by atoms with Crippen molar-refractivity contribution in [3.05, 3.63) is 24.0 Å². The molecule has 1 aromatic heterocycles. The zero-order valence-electron chi connectivity index (χ0n) is 9.09. The van der Waals surface area contributed by atoms with Gasteiger partial charge in [-0.2, -0.15) is 0 Å². The number of hydrogen-bond donors (Lipinski definition) is 1. The number of likely N-dealkylation sites (tertiary alicyclic amines) is 1. The van der Waals surface area contributed by atoms with Gasteiger partial charge in [0.25, 0.3) is 5.91 Å². The average Bonchev–Trinajstić information content (AvgIpc) is 2.56. The molecule has 1 aliphatic rings. The number of carboxylic acids is 1. The van der Waals surface area contributed by atoms with E-state index in [1.807, 2.05) is 19.3 Å². The summed E-state index contributed by atoms with van der Waals surface area (Å²) in [6.07, 6.45) is 1.97. The third kappa shape index (κ3) is 1.93. The van der Waals surface area contributed by atoms with Crippen LogP contribution in [0.3, 0.4) is 0 Å². The van der Waals surface area contributed by atoms with Gasteiger partial charge in [0.05, 0.1) is 6.42 Å². The van der Waals surface area contributed by atoms with E-state index >= 15 is 0 Å². The molecule has 0 radical (unpaired) electrons. The molecule has 0 spiro atoms. The van der Waals surface area contributed by atoms with Crippen molar-refractivity contribution in [3.8, 4) is 0 Å². The first-order valence-electron chi connectivity index (χ1n) is 5.20. The number of aryl methyl sites for hydroxylation is 1. The van der Waals surface area contributed by atoms with Crippen molar-refractivity contribution in [1.29, 1.82) is 0 Å². The summed E-state index contributed by atoms with van der Waals surface area (Å²) in [7, 11) is 1.82. The molecule has 1 saturated heterocycles. The highest BCUT2D eigenvalue weighted by Crippen LogP contribution is 2.21. The van der Waals surface area contributed by atoms with Gasteiger partial charge in [0.15, 0.2) is 0 Å². The van der Waals surface area contributed by atoms with Crippen LogP contribution in [-0.2, 0) is 11.8 Å². The van der Waals surface area contributed by atoms with Gasteiger partial charge in [0.2, 0.25) is 0 Å². The molecule has 0 bridgehead atoms. The minimum Gasteiger partial charge on any atom is -0.481 e. The van der Waals surface area contributed by atoms with Crippen LogP contribution in [0.25, 0.3) is 0 Å². The maximum atomic E-state index is 11.9. The number of nitrogens with zero attached hydrogens (tertiary/aromatic N) is 2. The predicted octanol–water partition coefficient (Wildman–Crippen LogP) is 0.572. The van der Waals surface area contributed by atoms with E-state index < -0.39 is 5.97 Å². The first-order chi connectivity index (χ1) is 7.58. The van der Waals surface area contributed by atoms with Crippen molar-refractivity contribution in [2.45, 2.75) is 6.42 Å². The van der Waals surface area contributed by atoms with E-state index in [2.05, 4.69) is 0 Å². The molecule has 0 saturated carbocycles. The fraction of sp³-hybridized carbons (Fsp3) is 0.455. The molecule has 5 heteroatoms. The number of hydrogen-bond acceptors (Lipinski definition) is 2. The van der Waals surface area contributed by atoms with Crippen molar-refractivity contribution in [2.24, 2.45) is 13.0 Å². The number of aliphatic carboxylic acids is 1. The molecular weight excluding hydrogens is 208 g/mol. The van der Waals surface area contributed by atoms with Gasteiger partial charge in [-0.05, 0) is 12.1 Å². The van der Waals surface area contributed by atoms with E-state index in [4.69, 9.17) is 5.11 Å². The Morgan fingerprint density at radius 1 is 1.50 bits per heavy atom. The molecule has 16 heavy (non-hydrogen) atoms.